The number of carbonyl (C=O) groups is 4. The number of amides is 4. The highest BCUT2D eigenvalue weighted by molar-refractivity contribution is 6.32. The van der Waals surface area contributed by atoms with Crippen LogP contribution in [0.1, 0.15) is 24.3 Å². The second-order valence-corrected chi connectivity index (χ2v) is 15.7. The number of allylic oxidation sites excluding steroid dienone is 2. The quantitative estimate of drug-likeness (QED) is 0.134. The van der Waals surface area contributed by atoms with Crippen molar-refractivity contribution in [3.63, 3.8) is 0 Å². The maximum absolute atomic E-state index is 14.6. The molecule has 3 fully saturated rings. The molecule has 0 bridgehead atoms. The highest BCUT2D eigenvalue weighted by Crippen LogP contribution is 2.59. The third kappa shape index (κ3) is 5.12. The van der Waals surface area contributed by atoms with Crippen molar-refractivity contribution >= 4 is 68.8 Å². The summed E-state index contributed by atoms with van der Waals surface area (Å²) in [6.07, 6.45) is 2.46. The summed E-state index contributed by atoms with van der Waals surface area (Å²) in [6, 6.07) is 33.4. The number of rotatable bonds is 5. The molecule has 7 aromatic rings. The molecule has 6 atom stereocenters. The Morgan fingerprint density at radius 2 is 1.14 bits per heavy atom. The Hall–Kier alpha value is -6.85. The molecule has 1 saturated carbocycles. The van der Waals surface area contributed by atoms with Crippen LogP contribution in [0.3, 0.4) is 0 Å². The van der Waals surface area contributed by atoms with E-state index < -0.39 is 35.5 Å². The Balaban J connectivity index is 0.930. The molecule has 4 heterocycles. The second kappa shape index (κ2) is 12.8. The summed E-state index contributed by atoms with van der Waals surface area (Å²) in [4.78, 5) is 69.5. The number of carbonyl (C=O) groups excluding carboxylic acids is 4. The maximum atomic E-state index is 14.6. The van der Waals surface area contributed by atoms with E-state index in [0.29, 0.717) is 56.5 Å². The Bertz CT molecular complexity index is 2850. The monoisotopic (exact) mass is 786 g/mol. The predicted octanol–water partition coefficient (Wildman–Crippen LogP) is 8.71. The van der Waals surface area contributed by atoms with Crippen LogP contribution < -0.4 is 9.80 Å². The minimum atomic E-state index is -0.826. The molecule has 2 aliphatic carbocycles. The van der Waals surface area contributed by atoms with Gasteiger partial charge in [0, 0.05) is 22.1 Å². The Labute approximate surface area is 335 Å². The summed E-state index contributed by atoms with van der Waals surface area (Å²) in [5.41, 5.74) is 6.32. The first kappa shape index (κ1) is 34.4. The third-order valence-electron chi connectivity index (χ3n) is 12.3. The fraction of sp³-hybridized carbons (Fsp3) is 0.174. The van der Waals surface area contributed by atoms with Crippen molar-refractivity contribution in [1.82, 2.24) is 9.97 Å². The number of oxazole rings is 2. The highest BCUT2D eigenvalue weighted by Gasteiger charge is 2.62. The Morgan fingerprint density at radius 3 is 1.69 bits per heavy atom. The highest BCUT2D eigenvalue weighted by atomic mass is 35.5. The van der Waals surface area contributed by atoms with Crippen molar-refractivity contribution in [1.29, 1.82) is 0 Å². The maximum Gasteiger partial charge on any atom is 0.238 e. The normalized spacial score (nSPS) is 24.1. The molecule has 2 saturated heterocycles. The molecule has 11 rings (SSSR count). The van der Waals surface area contributed by atoms with Gasteiger partial charge in [0.2, 0.25) is 35.4 Å². The summed E-state index contributed by atoms with van der Waals surface area (Å²) in [7, 11) is 0. The lowest BCUT2D eigenvalue weighted by atomic mass is 9.57. The molecule has 4 amide bonds. The third-order valence-corrected chi connectivity index (χ3v) is 12.6. The zero-order chi connectivity index (χ0) is 39.4. The molecule has 58 heavy (non-hydrogen) atoms. The number of aromatic hydroxyl groups is 1. The number of phenolic OH excluding ortho intramolecular Hbond substituents is 1. The molecular formula is C46H31ClN4O7. The summed E-state index contributed by atoms with van der Waals surface area (Å²) in [5, 5.41) is 10.5. The van der Waals surface area contributed by atoms with E-state index in [0.717, 1.165) is 11.1 Å². The first-order valence-corrected chi connectivity index (χ1v) is 19.5. The number of phenols is 1. The van der Waals surface area contributed by atoms with Crippen molar-refractivity contribution in [3.8, 4) is 28.7 Å². The van der Waals surface area contributed by atoms with Crippen LogP contribution in [0.15, 0.2) is 136 Å². The summed E-state index contributed by atoms with van der Waals surface area (Å²) in [6.45, 7) is 0. The average molecular weight is 787 g/mol. The van der Waals surface area contributed by atoms with E-state index in [1.807, 2.05) is 54.6 Å². The van der Waals surface area contributed by atoms with E-state index in [-0.39, 0.29) is 47.2 Å². The standard InChI is InChI=1S/C46H31ClN4O7/c47-33-21-27(52)17-18-29(33)38-28-19-20-30-39(45(55)50(43(30)53)25-13-9-23(10-14-25)41-48-34-5-1-3-7-36(34)57-41)31(28)22-32-40(38)46(56)51(44(32)54)26-15-11-24(12-16-26)42-49-35-6-2-4-8-37(35)58-42/h1-19,21,30-32,38-40,52H,20,22H2/t30-,31+,32+,38+,39-,40+/m0/s1. The number of aromatic nitrogens is 2. The van der Waals surface area contributed by atoms with Gasteiger partial charge in [0.25, 0.3) is 0 Å². The van der Waals surface area contributed by atoms with Crippen molar-refractivity contribution in [2.75, 3.05) is 9.80 Å². The molecular weight excluding hydrogens is 756 g/mol. The molecule has 0 spiro atoms. The summed E-state index contributed by atoms with van der Waals surface area (Å²) >= 11 is 6.82. The first-order chi connectivity index (χ1) is 28.2. The van der Waals surface area contributed by atoms with E-state index in [9.17, 15) is 24.3 Å². The van der Waals surface area contributed by atoms with Crippen LogP contribution in [0.2, 0.25) is 5.02 Å². The zero-order valence-corrected chi connectivity index (χ0v) is 31.2. The lowest BCUT2D eigenvalue weighted by molar-refractivity contribution is -0.126. The number of para-hydroxylation sites is 4. The van der Waals surface area contributed by atoms with Crippen molar-refractivity contribution in [3.05, 3.63) is 137 Å². The topological polar surface area (TPSA) is 147 Å². The SMILES string of the molecule is O=C1[C@H]2[C@H](CC=C3[C@H]2C[C@H]2C(=O)N(c4ccc(-c5nc6ccccc6o5)cc4)C(=O)[C@H]2[C@H]3c2ccc(O)cc2Cl)C(=O)N1c1ccc(-c2nc3ccccc3o2)cc1. The van der Waals surface area contributed by atoms with Crippen LogP contribution in [0.4, 0.5) is 11.4 Å². The lowest BCUT2D eigenvalue weighted by Crippen LogP contribution is -2.43. The number of fused-ring (bicyclic) bond motifs is 6. The van der Waals surface area contributed by atoms with Gasteiger partial charge in [0.15, 0.2) is 11.2 Å². The van der Waals surface area contributed by atoms with E-state index in [2.05, 4.69) is 9.97 Å². The minimum Gasteiger partial charge on any atom is -0.508 e. The van der Waals surface area contributed by atoms with Crippen LogP contribution >= 0.6 is 11.6 Å². The van der Waals surface area contributed by atoms with Gasteiger partial charge < -0.3 is 13.9 Å². The molecule has 4 aliphatic rings. The second-order valence-electron chi connectivity index (χ2n) is 15.3. The fourth-order valence-electron chi connectivity index (χ4n) is 9.71. The first-order valence-electron chi connectivity index (χ1n) is 19.1. The number of benzene rings is 5. The van der Waals surface area contributed by atoms with Gasteiger partial charge in [0.05, 0.1) is 35.0 Å². The largest absolute Gasteiger partial charge is 0.508 e. The smallest absolute Gasteiger partial charge is 0.238 e. The summed E-state index contributed by atoms with van der Waals surface area (Å²) < 4.78 is 11.9. The number of hydrogen-bond donors (Lipinski definition) is 1. The van der Waals surface area contributed by atoms with Gasteiger partial charge in [-0.2, -0.15) is 0 Å². The molecule has 2 aromatic heterocycles. The molecule has 0 radical (unpaired) electrons. The predicted molar refractivity (Wildman–Crippen MR) is 215 cm³/mol. The lowest BCUT2D eigenvalue weighted by Gasteiger charge is -2.44. The zero-order valence-electron chi connectivity index (χ0n) is 30.5. The van der Waals surface area contributed by atoms with E-state index >= 15 is 0 Å². The molecule has 5 aromatic carbocycles. The number of imide groups is 2. The average Bonchev–Trinajstić information content (AvgIpc) is 3.99. The Morgan fingerprint density at radius 1 is 0.603 bits per heavy atom. The van der Waals surface area contributed by atoms with Crippen molar-refractivity contribution < 1.29 is 33.1 Å². The van der Waals surface area contributed by atoms with Gasteiger partial charge in [-0.05, 0) is 109 Å². The van der Waals surface area contributed by atoms with Crippen molar-refractivity contribution in [2.24, 2.45) is 29.6 Å². The van der Waals surface area contributed by atoms with Crippen LogP contribution in [-0.2, 0) is 19.2 Å². The van der Waals surface area contributed by atoms with Gasteiger partial charge in [-0.1, -0.05) is 53.6 Å². The van der Waals surface area contributed by atoms with Crippen LogP contribution in [0.25, 0.3) is 45.1 Å². The molecule has 1 N–H and O–H groups in total. The van der Waals surface area contributed by atoms with Gasteiger partial charge >= 0.3 is 0 Å². The summed E-state index contributed by atoms with van der Waals surface area (Å²) in [5.74, 6) is -4.84. The van der Waals surface area contributed by atoms with Gasteiger partial charge in [-0.3, -0.25) is 29.0 Å². The fourth-order valence-corrected chi connectivity index (χ4v) is 10.0. The van der Waals surface area contributed by atoms with Gasteiger partial charge in [0.1, 0.15) is 16.8 Å². The minimum absolute atomic E-state index is 0.0424. The van der Waals surface area contributed by atoms with E-state index in [1.54, 1.807) is 54.6 Å². The van der Waals surface area contributed by atoms with Crippen LogP contribution in [0, 0.1) is 29.6 Å². The van der Waals surface area contributed by atoms with Gasteiger partial charge in [-0.15, -0.1) is 0 Å². The molecule has 0 unspecified atom stereocenters. The number of anilines is 2. The Kier molecular flexibility index (Phi) is 7.61. The van der Waals surface area contributed by atoms with Crippen LogP contribution in [-0.4, -0.2) is 38.7 Å². The van der Waals surface area contributed by atoms with Gasteiger partial charge in [-0.25, -0.2) is 9.97 Å². The molecule has 284 valence electrons. The number of nitrogens with zero attached hydrogens (tertiary/aromatic N) is 4. The van der Waals surface area contributed by atoms with E-state index in [1.165, 1.54) is 21.9 Å². The van der Waals surface area contributed by atoms with Crippen molar-refractivity contribution in [2.45, 2.75) is 18.8 Å². The number of halogens is 1. The molecule has 2 aliphatic heterocycles. The van der Waals surface area contributed by atoms with E-state index in [4.69, 9.17) is 20.4 Å². The molecule has 11 nitrogen and oxygen atoms in total. The number of hydrogen-bond acceptors (Lipinski definition) is 9. The van der Waals surface area contributed by atoms with Crippen LogP contribution in [0.5, 0.6) is 5.75 Å². The molecule has 12 heteroatoms.